The van der Waals surface area contributed by atoms with Gasteiger partial charge in [0.15, 0.2) is 9.84 Å². The van der Waals surface area contributed by atoms with Crippen LogP contribution in [0.15, 0.2) is 41.3 Å². The third-order valence-electron chi connectivity index (χ3n) is 4.47. The highest BCUT2D eigenvalue weighted by molar-refractivity contribution is 7.93. The molecule has 0 amide bonds. The number of sulfone groups is 1. The molecule has 2 aromatic rings. The number of carboxylic acids is 1. The van der Waals surface area contributed by atoms with Gasteiger partial charge in [-0.25, -0.2) is 21.6 Å². The predicted molar refractivity (Wildman–Crippen MR) is 110 cm³/mol. The molecule has 162 valence electrons. The Morgan fingerprint density at radius 2 is 1.77 bits per heavy atom. The molecule has 9 nitrogen and oxygen atoms in total. The van der Waals surface area contributed by atoms with Gasteiger partial charge >= 0.3 is 5.97 Å². The van der Waals surface area contributed by atoms with Gasteiger partial charge in [0, 0.05) is 6.07 Å². The van der Waals surface area contributed by atoms with E-state index in [2.05, 4.69) is 0 Å². The van der Waals surface area contributed by atoms with Crippen molar-refractivity contribution in [1.29, 1.82) is 0 Å². The summed E-state index contributed by atoms with van der Waals surface area (Å²) in [5.41, 5.74) is -0.672. The molecule has 13 heteroatoms. The summed E-state index contributed by atoms with van der Waals surface area (Å²) >= 11 is 11.9. The van der Waals surface area contributed by atoms with Crippen LogP contribution in [-0.2, 0) is 19.9 Å². The molecule has 0 spiro atoms. The van der Waals surface area contributed by atoms with Gasteiger partial charge in [0.25, 0.3) is 10.0 Å². The maximum absolute atomic E-state index is 13.5. The molecule has 1 aliphatic rings. The van der Waals surface area contributed by atoms with Crippen LogP contribution in [0.3, 0.4) is 0 Å². The highest BCUT2D eigenvalue weighted by atomic mass is 35.5. The molecule has 0 radical (unpaired) electrons. The number of anilines is 1. The molecule has 0 aromatic heterocycles. The number of hydrogen-bond acceptors (Lipinski definition) is 7. The van der Waals surface area contributed by atoms with Crippen LogP contribution < -0.4 is 4.31 Å². The quantitative estimate of drug-likeness (QED) is 0.567. The lowest BCUT2D eigenvalue weighted by molar-refractivity contribution is 0.0696. The van der Waals surface area contributed by atoms with Crippen LogP contribution in [0.5, 0.6) is 5.75 Å². The normalized spacial score (nSPS) is 20.8. The average molecular weight is 496 g/mol. The molecule has 1 saturated heterocycles. The summed E-state index contributed by atoms with van der Waals surface area (Å²) < 4.78 is 51.7. The largest absolute Gasteiger partial charge is 0.508 e. The van der Waals surface area contributed by atoms with Gasteiger partial charge in [-0.2, -0.15) is 0 Å². The third-order valence-corrected chi connectivity index (χ3v) is 8.80. The first-order valence-electron chi connectivity index (χ1n) is 8.28. The van der Waals surface area contributed by atoms with E-state index in [0.717, 1.165) is 18.2 Å². The molecule has 2 unspecified atom stereocenters. The summed E-state index contributed by atoms with van der Waals surface area (Å²) in [6.45, 7) is 0. The SMILES string of the molecule is O=C(O)c1cc(S(=O)(=O)N(c2cccc(O)c2)C2CS(=O)(=O)CC2O)c(Cl)cc1Cl. The smallest absolute Gasteiger partial charge is 0.337 e. The molecule has 0 saturated carbocycles. The zero-order valence-corrected chi connectivity index (χ0v) is 18.1. The van der Waals surface area contributed by atoms with Crippen molar-refractivity contribution in [3.05, 3.63) is 52.0 Å². The van der Waals surface area contributed by atoms with E-state index in [-0.39, 0.29) is 16.5 Å². The van der Waals surface area contributed by atoms with Crippen LogP contribution in [0.1, 0.15) is 10.4 Å². The van der Waals surface area contributed by atoms with Gasteiger partial charge in [-0.3, -0.25) is 4.31 Å². The lowest BCUT2D eigenvalue weighted by Gasteiger charge is -2.31. The number of aromatic carboxylic acids is 1. The second-order valence-electron chi connectivity index (χ2n) is 6.60. The number of phenolic OH excluding ortho intramolecular Hbond substituents is 1. The van der Waals surface area contributed by atoms with Crippen molar-refractivity contribution in [2.75, 3.05) is 15.8 Å². The minimum absolute atomic E-state index is 0.140. The first kappa shape index (κ1) is 22.6. The van der Waals surface area contributed by atoms with Crippen LogP contribution in [0, 0.1) is 0 Å². The van der Waals surface area contributed by atoms with E-state index < -0.39 is 65.0 Å². The van der Waals surface area contributed by atoms with Crippen molar-refractivity contribution in [3.63, 3.8) is 0 Å². The average Bonchev–Trinajstić information content (AvgIpc) is 2.86. The van der Waals surface area contributed by atoms with Crippen molar-refractivity contribution in [2.45, 2.75) is 17.0 Å². The summed E-state index contributed by atoms with van der Waals surface area (Å²) in [5.74, 6) is -3.14. The molecule has 0 aliphatic carbocycles. The molecule has 1 fully saturated rings. The van der Waals surface area contributed by atoms with Crippen LogP contribution in [0.4, 0.5) is 5.69 Å². The number of benzene rings is 2. The maximum Gasteiger partial charge on any atom is 0.337 e. The Bertz CT molecular complexity index is 1230. The summed E-state index contributed by atoms with van der Waals surface area (Å²) in [5, 5.41) is 28.7. The molecular weight excluding hydrogens is 481 g/mol. The Morgan fingerprint density at radius 3 is 2.30 bits per heavy atom. The minimum atomic E-state index is -4.70. The van der Waals surface area contributed by atoms with Gasteiger partial charge in [0.1, 0.15) is 10.6 Å². The van der Waals surface area contributed by atoms with Gasteiger partial charge in [-0.1, -0.05) is 29.3 Å². The van der Waals surface area contributed by atoms with Crippen LogP contribution in [0.25, 0.3) is 0 Å². The van der Waals surface area contributed by atoms with E-state index in [4.69, 9.17) is 23.2 Å². The standard InChI is InChI=1S/C17H15Cl2NO8S2/c18-12-6-13(19)16(5-11(12)17(23)24)30(27,28)20(9-2-1-3-10(21)4-9)14-7-29(25,26)8-15(14)22/h1-6,14-15,21-22H,7-8H2,(H,23,24). The zero-order chi connectivity index (χ0) is 22.4. The van der Waals surface area contributed by atoms with E-state index in [1.54, 1.807) is 0 Å². The van der Waals surface area contributed by atoms with Gasteiger partial charge in [0.2, 0.25) is 0 Å². The van der Waals surface area contributed by atoms with Crippen LogP contribution >= 0.6 is 23.2 Å². The highest BCUT2D eigenvalue weighted by Crippen LogP contribution is 2.36. The number of sulfonamides is 1. The van der Waals surface area contributed by atoms with Gasteiger partial charge in [0.05, 0.1) is 44.9 Å². The van der Waals surface area contributed by atoms with Gasteiger partial charge in [-0.05, 0) is 24.3 Å². The van der Waals surface area contributed by atoms with E-state index in [1.807, 2.05) is 0 Å². The number of hydrogen-bond donors (Lipinski definition) is 3. The number of halogens is 2. The van der Waals surface area contributed by atoms with Crippen LogP contribution in [-0.4, -0.2) is 61.8 Å². The molecule has 3 N–H and O–H groups in total. The lowest BCUT2D eigenvalue weighted by atomic mass is 10.2. The summed E-state index contributed by atoms with van der Waals surface area (Å²) in [4.78, 5) is 10.8. The van der Waals surface area contributed by atoms with Crippen molar-refractivity contribution >= 4 is 54.7 Å². The van der Waals surface area contributed by atoms with E-state index in [9.17, 15) is 36.9 Å². The highest BCUT2D eigenvalue weighted by Gasteiger charge is 2.45. The number of carbonyl (C=O) groups is 1. The first-order chi connectivity index (χ1) is 13.8. The first-order valence-corrected chi connectivity index (χ1v) is 12.3. The number of aliphatic hydroxyl groups is 1. The van der Waals surface area contributed by atoms with Gasteiger partial charge < -0.3 is 15.3 Å². The van der Waals surface area contributed by atoms with Gasteiger partial charge in [-0.15, -0.1) is 0 Å². The van der Waals surface area contributed by atoms with Crippen molar-refractivity contribution in [3.8, 4) is 5.75 Å². The molecule has 3 rings (SSSR count). The molecule has 30 heavy (non-hydrogen) atoms. The van der Waals surface area contributed by atoms with Crippen molar-refractivity contribution in [1.82, 2.24) is 0 Å². The summed E-state index contributed by atoms with van der Waals surface area (Å²) in [6, 6.07) is 5.23. The fraction of sp³-hybridized carbons (Fsp3) is 0.235. The molecule has 1 heterocycles. The summed E-state index contributed by atoms with van der Waals surface area (Å²) in [7, 11) is -8.45. The Labute approximate surface area is 182 Å². The fourth-order valence-electron chi connectivity index (χ4n) is 3.17. The van der Waals surface area contributed by atoms with E-state index >= 15 is 0 Å². The number of carboxylic acid groups (broad SMARTS) is 1. The molecule has 0 bridgehead atoms. The number of nitrogens with zero attached hydrogens (tertiary/aromatic N) is 1. The topological polar surface area (TPSA) is 149 Å². The number of rotatable bonds is 5. The Morgan fingerprint density at radius 1 is 1.10 bits per heavy atom. The molecule has 2 atom stereocenters. The Hall–Kier alpha value is -2.05. The number of phenols is 1. The Kier molecular flexibility index (Phi) is 5.95. The third kappa shape index (κ3) is 4.21. The fourth-order valence-corrected chi connectivity index (χ4v) is 7.54. The zero-order valence-electron chi connectivity index (χ0n) is 14.9. The van der Waals surface area contributed by atoms with E-state index in [1.165, 1.54) is 18.2 Å². The van der Waals surface area contributed by atoms with Crippen LogP contribution in [0.2, 0.25) is 10.0 Å². The Balaban J connectivity index is 2.26. The van der Waals surface area contributed by atoms with Crippen molar-refractivity contribution in [2.24, 2.45) is 0 Å². The number of aliphatic hydroxyl groups excluding tert-OH is 1. The lowest BCUT2D eigenvalue weighted by Crippen LogP contribution is -2.47. The predicted octanol–water partition coefficient (Wildman–Crippen LogP) is 1.75. The van der Waals surface area contributed by atoms with Crippen molar-refractivity contribution < 1.29 is 36.9 Å². The summed E-state index contributed by atoms with van der Waals surface area (Å²) in [6.07, 6.45) is -1.56. The minimum Gasteiger partial charge on any atom is -0.508 e. The van der Waals surface area contributed by atoms with E-state index in [0.29, 0.717) is 4.31 Å². The molecule has 1 aliphatic heterocycles. The molecular formula is C17H15Cl2NO8S2. The number of aromatic hydroxyl groups is 1. The maximum atomic E-state index is 13.5. The monoisotopic (exact) mass is 495 g/mol. The second-order valence-corrected chi connectivity index (χ2v) is 11.4. The second kappa shape index (κ2) is 7.89. The molecule has 2 aromatic carbocycles.